The minimum absolute atomic E-state index is 0.0787. The third-order valence-corrected chi connectivity index (χ3v) is 4.23. The highest BCUT2D eigenvalue weighted by Crippen LogP contribution is 2.29. The van der Waals surface area contributed by atoms with Crippen LogP contribution < -0.4 is 10.6 Å². The highest BCUT2D eigenvalue weighted by atomic mass is 16.5. The van der Waals surface area contributed by atoms with Crippen LogP contribution >= 0.6 is 0 Å². The number of carbonyl (C=O) groups is 1. The Balaban J connectivity index is 1.97. The summed E-state index contributed by atoms with van der Waals surface area (Å²) in [6, 6.07) is 0. The van der Waals surface area contributed by atoms with Crippen LogP contribution in [0.2, 0.25) is 0 Å². The lowest BCUT2D eigenvalue weighted by Crippen LogP contribution is -2.50. The van der Waals surface area contributed by atoms with E-state index in [-0.39, 0.29) is 5.91 Å². The molecule has 0 aromatic carbocycles. The number of ether oxygens (including phenoxy) is 1. The lowest BCUT2D eigenvalue weighted by atomic mass is 9.78. The zero-order valence-corrected chi connectivity index (χ0v) is 13.9. The highest BCUT2D eigenvalue weighted by molar-refractivity contribution is 5.82. The number of nitrogens with one attached hydrogen (secondary N) is 2. The molecule has 0 radical (unpaired) electrons. The molecule has 6 heteroatoms. The summed E-state index contributed by atoms with van der Waals surface area (Å²) >= 11 is 0. The van der Waals surface area contributed by atoms with Crippen LogP contribution in [0.5, 0.6) is 0 Å². The Labute approximate surface area is 132 Å². The minimum atomic E-state index is -0.407. The first kappa shape index (κ1) is 17.0. The highest BCUT2D eigenvalue weighted by Gasteiger charge is 2.39. The van der Waals surface area contributed by atoms with E-state index in [4.69, 9.17) is 4.74 Å². The van der Waals surface area contributed by atoms with Gasteiger partial charge in [0.25, 0.3) is 0 Å². The van der Waals surface area contributed by atoms with E-state index in [1.807, 2.05) is 6.20 Å². The third kappa shape index (κ3) is 4.08. The zero-order chi connectivity index (χ0) is 16.0. The van der Waals surface area contributed by atoms with E-state index in [1.165, 1.54) is 0 Å². The molecule has 1 aromatic heterocycles. The Hall–Kier alpha value is -1.40. The number of hydrogen-bond donors (Lipinski definition) is 2. The van der Waals surface area contributed by atoms with E-state index in [0.29, 0.717) is 19.1 Å². The van der Waals surface area contributed by atoms with Gasteiger partial charge in [0.15, 0.2) is 0 Å². The fraction of sp³-hybridized carbons (Fsp3) is 0.750. The van der Waals surface area contributed by atoms with Gasteiger partial charge in [0, 0.05) is 26.0 Å². The first-order valence-electron chi connectivity index (χ1n) is 8.05. The van der Waals surface area contributed by atoms with Gasteiger partial charge in [-0.1, -0.05) is 13.8 Å². The largest absolute Gasteiger partial charge is 0.384 e. The molecule has 0 bridgehead atoms. The van der Waals surface area contributed by atoms with Crippen LogP contribution in [0.4, 0.5) is 0 Å². The lowest BCUT2D eigenvalue weighted by molar-refractivity contribution is -0.136. The maximum absolute atomic E-state index is 12.7. The van der Waals surface area contributed by atoms with Crippen molar-refractivity contribution in [2.75, 3.05) is 26.8 Å². The van der Waals surface area contributed by atoms with Gasteiger partial charge in [-0.3, -0.25) is 4.79 Å². The topological polar surface area (TPSA) is 68.2 Å². The third-order valence-electron chi connectivity index (χ3n) is 4.23. The number of piperidine rings is 1. The predicted molar refractivity (Wildman–Crippen MR) is 85.3 cm³/mol. The summed E-state index contributed by atoms with van der Waals surface area (Å²) in [6.07, 6.45) is 5.39. The maximum atomic E-state index is 12.7. The Morgan fingerprint density at radius 1 is 1.50 bits per heavy atom. The van der Waals surface area contributed by atoms with Gasteiger partial charge < -0.3 is 19.9 Å². The van der Waals surface area contributed by atoms with Gasteiger partial charge in [0.1, 0.15) is 5.82 Å². The SMILES string of the molecule is COCC1(C(=O)NCc2nccn2CC(C)C)CCNCC1. The van der Waals surface area contributed by atoms with Gasteiger partial charge in [-0.05, 0) is 31.8 Å². The Bertz CT molecular complexity index is 473. The molecular formula is C16H28N4O2. The predicted octanol–water partition coefficient (Wildman–Crippen LogP) is 1.17. The molecule has 1 aliphatic rings. The number of aromatic nitrogens is 2. The van der Waals surface area contributed by atoms with Crippen molar-refractivity contribution in [3.8, 4) is 0 Å². The zero-order valence-electron chi connectivity index (χ0n) is 13.9. The monoisotopic (exact) mass is 308 g/mol. The van der Waals surface area contributed by atoms with E-state index < -0.39 is 5.41 Å². The molecule has 1 fully saturated rings. The van der Waals surface area contributed by atoms with Crippen molar-refractivity contribution in [3.63, 3.8) is 0 Å². The Morgan fingerprint density at radius 2 is 2.23 bits per heavy atom. The van der Waals surface area contributed by atoms with Crippen LogP contribution in [0, 0.1) is 11.3 Å². The van der Waals surface area contributed by atoms with Crippen molar-refractivity contribution in [1.82, 2.24) is 20.2 Å². The molecule has 124 valence electrons. The molecule has 0 spiro atoms. The lowest BCUT2D eigenvalue weighted by Gasteiger charge is -2.35. The second-order valence-electron chi connectivity index (χ2n) is 6.54. The fourth-order valence-corrected chi connectivity index (χ4v) is 3.03. The maximum Gasteiger partial charge on any atom is 0.229 e. The first-order chi connectivity index (χ1) is 10.6. The summed E-state index contributed by atoms with van der Waals surface area (Å²) in [4.78, 5) is 17.0. The van der Waals surface area contributed by atoms with Crippen molar-refractivity contribution in [2.24, 2.45) is 11.3 Å². The molecule has 0 saturated carbocycles. The van der Waals surface area contributed by atoms with Gasteiger partial charge >= 0.3 is 0 Å². The van der Waals surface area contributed by atoms with Gasteiger partial charge in [-0.15, -0.1) is 0 Å². The van der Waals surface area contributed by atoms with Crippen molar-refractivity contribution < 1.29 is 9.53 Å². The van der Waals surface area contributed by atoms with Crippen LogP contribution in [0.1, 0.15) is 32.5 Å². The summed E-state index contributed by atoms with van der Waals surface area (Å²) in [5.74, 6) is 1.53. The summed E-state index contributed by atoms with van der Waals surface area (Å²) in [5, 5.41) is 6.37. The van der Waals surface area contributed by atoms with Gasteiger partial charge in [-0.2, -0.15) is 0 Å². The second-order valence-corrected chi connectivity index (χ2v) is 6.54. The quantitative estimate of drug-likeness (QED) is 0.793. The molecule has 1 aliphatic heterocycles. The summed E-state index contributed by atoms with van der Waals surface area (Å²) < 4.78 is 7.42. The molecule has 0 atom stereocenters. The van der Waals surface area contributed by atoms with Crippen molar-refractivity contribution in [3.05, 3.63) is 18.2 Å². The van der Waals surface area contributed by atoms with Crippen LogP contribution in [-0.2, 0) is 22.6 Å². The number of carbonyl (C=O) groups excluding carboxylic acids is 1. The number of imidazole rings is 1. The number of rotatable bonds is 7. The number of amides is 1. The number of hydrogen-bond acceptors (Lipinski definition) is 4. The molecule has 6 nitrogen and oxygen atoms in total. The van der Waals surface area contributed by atoms with Gasteiger partial charge in [-0.25, -0.2) is 4.98 Å². The molecule has 0 aliphatic carbocycles. The molecule has 1 amide bonds. The van der Waals surface area contributed by atoms with Crippen molar-refractivity contribution >= 4 is 5.91 Å². The fourth-order valence-electron chi connectivity index (χ4n) is 3.03. The minimum Gasteiger partial charge on any atom is -0.384 e. The molecule has 22 heavy (non-hydrogen) atoms. The first-order valence-corrected chi connectivity index (χ1v) is 8.05. The molecule has 2 heterocycles. The van der Waals surface area contributed by atoms with Gasteiger partial charge in [0.05, 0.1) is 18.6 Å². The number of methoxy groups -OCH3 is 1. The van der Waals surface area contributed by atoms with Crippen LogP contribution in [0.3, 0.4) is 0 Å². The van der Waals surface area contributed by atoms with E-state index >= 15 is 0 Å². The summed E-state index contributed by atoms with van der Waals surface area (Å²) in [5.41, 5.74) is -0.407. The normalized spacial score (nSPS) is 17.6. The van der Waals surface area contributed by atoms with Crippen molar-refractivity contribution in [2.45, 2.75) is 39.8 Å². The molecular weight excluding hydrogens is 280 g/mol. The summed E-state index contributed by atoms with van der Waals surface area (Å²) in [7, 11) is 1.66. The average molecular weight is 308 g/mol. The molecule has 2 N–H and O–H groups in total. The van der Waals surface area contributed by atoms with Crippen LogP contribution in [0.25, 0.3) is 0 Å². The van der Waals surface area contributed by atoms with Crippen LogP contribution in [-0.4, -0.2) is 42.3 Å². The van der Waals surface area contributed by atoms with E-state index in [1.54, 1.807) is 13.3 Å². The van der Waals surface area contributed by atoms with Crippen molar-refractivity contribution in [1.29, 1.82) is 0 Å². The van der Waals surface area contributed by atoms with Crippen LogP contribution in [0.15, 0.2) is 12.4 Å². The number of nitrogens with zero attached hydrogens (tertiary/aromatic N) is 2. The molecule has 2 rings (SSSR count). The van der Waals surface area contributed by atoms with E-state index in [0.717, 1.165) is 38.3 Å². The Morgan fingerprint density at radius 3 is 2.86 bits per heavy atom. The average Bonchev–Trinajstić information content (AvgIpc) is 2.92. The molecule has 1 saturated heterocycles. The smallest absolute Gasteiger partial charge is 0.229 e. The second kappa shape index (κ2) is 7.74. The summed E-state index contributed by atoms with van der Waals surface area (Å²) in [6.45, 7) is 7.92. The molecule has 1 aromatic rings. The standard InChI is InChI=1S/C16H28N4O2/c1-13(2)11-20-9-8-18-14(20)10-19-15(21)16(12-22-3)4-6-17-7-5-16/h8-9,13,17H,4-7,10-12H2,1-3H3,(H,19,21). The van der Waals surface area contributed by atoms with Gasteiger partial charge in [0.2, 0.25) is 5.91 Å². The Kier molecular flexibility index (Phi) is 5.97. The molecule has 0 unspecified atom stereocenters. The van der Waals surface area contributed by atoms with E-state index in [2.05, 4.69) is 34.0 Å². The van der Waals surface area contributed by atoms with E-state index in [9.17, 15) is 4.79 Å².